The van der Waals surface area contributed by atoms with Crippen molar-refractivity contribution in [1.82, 2.24) is 0 Å². The van der Waals surface area contributed by atoms with Crippen LogP contribution in [0.3, 0.4) is 0 Å². The lowest BCUT2D eigenvalue weighted by atomic mass is 10.1. The Balaban J connectivity index is 2.43. The lowest BCUT2D eigenvalue weighted by Crippen LogP contribution is -2.24. The molecule has 0 aliphatic carbocycles. The van der Waals surface area contributed by atoms with Crippen molar-refractivity contribution in [3.8, 4) is 0 Å². The van der Waals surface area contributed by atoms with Gasteiger partial charge in [-0.15, -0.1) is 0 Å². The van der Waals surface area contributed by atoms with Gasteiger partial charge in [-0.05, 0) is 19.9 Å². The van der Waals surface area contributed by atoms with Gasteiger partial charge in [-0.3, -0.25) is 0 Å². The number of ether oxygens (including phenoxy) is 2. The summed E-state index contributed by atoms with van der Waals surface area (Å²) in [6.07, 6.45) is 2.25. The molecule has 1 aliphatic rings. The second kappa shape index (κ2) is 3.89. The van der Waals surface area contributed by atoms with Gasteiger partial charge in [0, 0.05) is 6.08 Å². The molecule has 0 amide bonds. The van der Waals surface area contributed by atoms with E-state index in [4.69, 9.17) is 4.74 Å². The van der Waals surface area contributed by atoms with E-state index in [0.717, 1.165) is 0 Å². The minimum absolute atomic E-state index is 0.353. The zero-order valence-electron chi connectivity index (χ0n) is 7.82. The Morgan fingerprint density at radius 2 is 2.46 bits per heavy atom. The summed E-state index contributed by atoms with van der Waals surface area (Å²) in [5, 5.41) is 9.26. The van der Waals surface area contributed by atoms with E-state index < -0.39 is 17.7 Å². The van der Waals surface area contributed by atoms with Gasteiger partial charge in [0.15, 0.2) is 0 Å². The average molecular weight is 186 g/mol. The minimum Gasteiger partial charge on any atom is -0.463 e. The van der Waals surface area contributed by atoms with Crippen molar-refractivity contribution in [3.05, 3.63) is 12.2 Å². The molecule has 1 N–H and O–H groups in total. The van der Waals surface area contributed by atoms with Crippen LogP contribution < -0.4 is 0 Å². The Morgan fingerprint density at radius 1 is 1.85 bits per heavy atom. The molecule has 2 unspecified atom stereocenters. The molecule has 1 aliphatic heterocycles. The van der Waals surface area contributed by atoms with Crippen LogP contribution in [0.4, 0.5) is 0 Å². The van der Waals surface area contributed by atoms with Crippen LogP contribution in [0.25, 0.3) is 0 Å². The van der Waals surface area contributed by atoms with Crippen molar-refractivity contribution >= 4 is 5.97 Å². The molecule has 0 aromatic rings. The zero-order valence-corrected chi connectivity index (χ0v) is 7.82. The van der Waals surface area contributed by atoms with Crippen LogP contribution in [0.5, 0.6) is 0 Å². The van der Waals surface area contributed by atoms with Crippen molar-refractivity contribution < 1.29 is 19.4 Å². The Kier molecular flexibility index (Phi) is 3.06. The highest BCUT2D eigenvalue weighted by Gasteiger charge is 2.46. The third-order valence-corrected chi connectivity index (χ3v) is 1.97. The molecule has 1 saturated heterocycles. The summed E-state index contributed by atoms with van der Waals surface area (Å²) in [6, 6.07) is 0. The van der Waals surface area contributed by atoms with Crippen LogP contribution in [-0.4, -0.2) is 36.0 Å². The fraction of sp³-hybridized carbons (Fsp3) is 0.667. The summed E-state index contributed by atoms with van der Waals surface area (Å²) in [6.45, 7) is 4.18. The monoisotopic (exact) mass is 186 g/mol. The molecule has 0 radical (unpaired) electrons. The summed E-state index contributed by atoms with van der Waals surface area (Å²) >= 11 is 0. The molecule has 4 heteroatoms. The standard InChI is InChI=1S/C9H14O4/c1-3-12-8(11)4-5-9(6-13-9)7(2)10/h4-5,7,10H,3,6H2,1-2H3/b5-4+. The molecule has 0 aromatic heterocycles. The topological polar surface area (TPSA) is 59.1 Å². The van der Waals surface area contributed by atoms with E-state index in [-0.39, 0.29) is 0 Å². The minimum atomic E-state index is -0.646. The second-order valence-electron chi connectivity index (χ2n) is 3.00. The van der Waals surface area contributed by atoms with E-state index in [2.05, 4.69) is 4.74 Å². The van der Waals surface area contributed by atoms with E-state index in [0.29, 0.717) is 13.2 Å². The Bertz CT molecular complexity index is 216. The highest BCUT2D eigenvalue weighted by Crippen LogP contribution is 2.32. The maximum absolute atomic E-state index is 10.9. The van der Waals surface area contributed by atoms with Gasteiger partial charge in [0.05, 0.1) is 19.3 Å². The average Bonchev–Trinajstić information content (AvgIpc) is 2.82. The maximum atomic E-state index is 10.9. The fourth-order valence-corrected chi connectivity index (χ4v) is 0.959. The van der Waals surface area contributed by atoms with Crippen molar-refractivity contribution in [2.24, 2.45) is 0 Å². The summed E-state index contributed by atoms with van der Waals surface area (Å²) in [5.41, 5.74) is -0.646. The zero-order chi connectivity index (χ0) is 9.90. The lowest BCUT2D eigenvalue weighted by Gasteiger charge is -2.08. The predicted octanol–water partition coefficient (Wildman–Crippen LogP) is 0.255. The van der Waals surface area contributed by atoms with Crippen molar-refractivity contribution in [1.29, 1.82) is 0 Å². The Labute approximate surface area is 77.1 Å². The molecule has 1 fully saturated rings. The van der Waals surface area contributed by atoms with Crippen molar-refractivity contribution in [2.75, 3.05) is 13.2 Å². The normalized spacial score (nSPS) is 28.8. The molecule has 0 spiro atoms. The molecular weight excluding hydrogens is 172 g/mol. The first-order chi connectivity index (χ1) is 6.10. The van der Waals surface area contributed by atoms with Crippen LogP contribution in [0.1, 0.15) is 13.8 Å². The van der Waals surface area contributed by atoms with Crippen LogP contribution in [0, 0.1) is 0 Å². The van der Waals surface area contributed by atoms with Crippen molar-refractivity contribution in [2.45, 2.75) is 25.6 Å². The molecular formula is C9H14O4. The van der Waals surface area contributed by atoms with Gasteiger partial charge < -0.3 is 14.6 Å². The van der Waals surface area contributed by atoms with E-state index in [9.17, 15) is 9.90 Å². The van der Waals surface area contributed by atoms with Crippen LogP contribution >= 0.6 is 0 Å². The summed E-state index contributed by atoms with van der Waals surface area (Å²) < 4.78 is 9.72. The van der Waals surface area contributed by atoms with E-state index in [1.54, 1.807) is 19.9 Å². The SMILES string of the molecule is CCOC(=O)/C=C/C1(C(C)O)CO1. The summed E-state index contributed by atoms with van der Waals surface area (Å²) in [5.74, 6) is -0.405. The molecule has 74 valence electrons. The van der Waals surface area contributed by atoms with Gasteiger partial charge in [0.1, 0.15) is 5.60 Å². The number of aliphatic hydroxyl groups is 1. The van der Waals surface area contributed by atoms with Crippen LogP contribution in [0.2, 0.25) is 0 Å². The third-order valence-electron chi connectivity index (χ3n) is 1.97. The van der Waals surface area contributed by atoms with E-state index in [1.807, 2.05) is 0 Å². The molecule has 1 heterocycles. The molecule has 13 heavy (non-hydrogen) atoms. The predicted molar refractivity (Wildman–Crippen MR) is 46.1 cm³/mol. The molecule has 1 rings (SSSR count). The number of epoxide rings is 1. The number of rotatable bonds is 4. The number of hydrogen-bond acceptors (Lipinski definition) is 4. The first-order valence-electron chi connectivity index (χ1n) is 4.29. The summed E-state index contributed by atoms with van der Waals surface area (Å²) in [4.78, 5) is 10.9. The molecule has 0 bridgehead atoms. The van der Waals surface area contributed by atoms with Gasteiger partial charge in [-0.25, -0.2) is 4.79 Å². The van der Waals surface area contributed by atoms with Crippen LogP contribution in [-0.2, 0) is 14.3 Å². The summed E-state index contributed by atoms with van der Waals surface area (Å²) in [7, 11) is 0. The molecule has 2 atom stereocenters. The highest BCUT2D eigenvalue weighted by molar-refractivity contribution is 5.82. The number of carbonyl (C=O) groups excluding carboxylic acids is 1. The van der Waals surface area contributed by atoms with Gasteiger partial charge in [-0.1, -0.05) is 0 Å². The number of carbonyl (C=O) groups is 1. The molecule has 4 nitrogen and oxygen atoms in total. The fourth-order valence-electron chi connectivity index (χ4n) is 0.959. The first kappa shape index (κ1) is 10.2. The van der Waals surface area contributed by atoms with Gasteiger partial charge in [0.25, 0.3) is 0 Å². The number of hydrogen-bond donors (Lipinski definition) is 1. The Hall–Kier alpha value is -0.870. The smallest absolute Gasteiger partial charge is 0.330 e. The maximum Gasteiger partial charge on any atom is 0.330 e. The quantitative estimate of drug-likeness (QED) is 0.388. The van der Waals surface area contributed by atoms with Gasteiger partial charge in [0.2, 0.25) is 0 Å². The van der Waals surface area contributed by atoms with E-state index in [1.165, 1.54) is 6.08 Å². The van der Waals surface area contributed by atoms with Crippen molar-refractivity contribution in [3.63, 3.8) is 0 Å². The van der Waals surface area contributed by atoms with Gasteiger partial charge >= 0.3 is 5.97 Å². The third kappa shape index (κ3) is 2.54. The van der Waals surface area contributed by atoms with E-state index >= 15 is 0 Å². The molecule has 0 aromatic carbocycles. The van der Waals surface area contributed by atoms with Crippen LogP contribution in [0.15, 0.2) is 12.2 Å². The second-order valence-corrected chi connectivity index (χ2v) is 3.00. The first-order valence-corrected chi connectivity index (χ1v) is 4.29. The Morgan fingerprint density at radius 3 is 2.85 bits per heavy atom. The van der Waals surface area contributed by atoms with Gasteiger partial charge in [-0.2, -0.15) is 0 Å². The lowest BCUT2D eigenvalue weighted by molar-refractivity contribution is -0.137. The molecule has 0 saturated carbocycles. The largest absolute Gasteiger partial charge is 0.463 e. The highest BCUT2D eigenvalue weighted by atomic mass is 16.6. The number of aliphatic hydroxyl groups excluding tert-OH is 1. The number of esters is 1.